The summed E-state index contributed by atoms with van der Waals surface area (Å²) in [6, 6.07) is 6.46. The van der Waals surface area contributed by atoms with Crippen LogP contribution < -0.4 is 15.6 Å². The summed E-state index contributed by atoms with van der Waals surface area (Å²) in [7, 11) is 0. The van der Waals surface area contributed by atoms with Crippen molar-refractivity contribution in [2.75, 3.05) is 19.7 Å². The third-order valence-corrected chi connectivity index (χ3v) is 5.55. The number of amides is 1. The SMILES string of the molecule is O=C(C1CC(C2CC2)NN1)N1CCCC(COc2ccc(F)cc2)C1. The lowest BCUT2D eigenvalue weighted by Gasteiger charge is -2.34. The fourth-order valence-corrected chi connectivity index (χ4v) is 3.92. The molecule has 6 heteroatoms. The Balaban J connectivity index is 1.27. The van der Waals surface area contributed by atoms with Gasteiger partial charge < -0.3 is 9.64 Å². The minimum Gasteiger partial charge on any atom is -0.493 e. The predicted octanol–water partition coefficient (Wildman–Crippen LogP) is 2.09. The summed E-state index contributed by atoms with van der Waals surface area (Å²) in [4.78, 5) is 14.8. The maximum atomic E-state index is 12.9. The molecule has 3 atom stereocenters. The zero-order valence-corrected chi connectivity index (χ0v) is 14.4. The molecule has 1 aliphatic carbocycles. The number of halogens is 1. The molecule has 0 spiro atoms. The monoisotopic (exact) mass is 347 g/mol. The van der Waals surface area contributed by atoms with Crippen molar-refractivity contribution in [3.05, 3.63) is 30.1 Å². The normalized spacial score (nSPS) is 29.6. The topological polar surface area (TPSA) is 53.6 Å². The van der Waals surface area contributed by atoms with Crippen LogP contribution in [0, 0.1) is 17.7 Å². The summed E-state index contributed by atoms with van der Waals surface area (Å²) in [5.74, 6) is 1.71. The molecule has 3 unspecified atom stereocenters. The van der Waals surface area contributed by atoms with Crippen molar-refractivity contribution in [2.24, 2.45) is 11.8 Å². The average molecular weight is 347 g/mol. The van der Waals surface area contributed by atoms with Gasteiger partial charge in [-0.15, -0.1) is 0 Å². The zero-order valence-electron chi connectivity index (χ0n) is 14.4. The first kappa shape index (κ1) is 16.8. The zero-order chi connectivity index (χ0) is 17.2. The Bertz CT molecular complexity index is 605. The number of ether oxygens (including phenoxy) is 1. The van der Waals surface area contributed by atoms with Gasteiger partial charge in [0.2, 0.25) is 5.91 Å². The number of likely N-dealkylation sites (tertiary alicyclic amines) is 1. The van der Waals surface area contributed by atoms with Gasteiger partial charge in [0.15, 0.2) is 0 Å². The van der Waals surface area contributed by atoms with Gasteiger partial charge in [0.05, 0.1) is 6.61 Å². The molecule has 0 radical (unpaired) electrons. The maximum absolute atomic E-state index is 12.9. The molecule has 0 aromatic heterocycles. The van der Waals surface area contributed by atoms with E-state index in [-0.39, 0.29) is 17.8 Å². The van der Waals surface area contributed by atoms with E-state index in [1.165, 1.54) is 25.0 Å². The van der Waals surface area contributed by atoms with Crippen molar-refractivity contribution in [1.82, 2.24) is 15.8 Å². The Labute approximate surface area is 147 Å². The molecular formula is C19H26FN3O2. The molecule has 2 saturated heterocycles. The second-order valence-corrected chi connectivity index (χ2v) is 7.58. The van der Waals surface area contributed by atoms with E-state index in [4.69, 9.17) is 4.74 Å². The van der Waals surface area contributed by atoms with Crippen molar-refractivity contribution >= 4 is 5.91 Å². The summed E-state index contributed by atoms with van der Waals surface area (Å²) in [5, 5.41) is 0. The van der Waals surface area contributed by atoms with Gasteiger partial charge in [-0.2, -0.15) is 0 Å². The van der Waals surface area contributed by atoms with E-state index in [1.807, 2.05) is 4.90 Å². The van der Waals surface area contributed by atoms with E-state index in [0.717, 1.165) is 38.3 Å². The quantitative estimate of drug-likeness (QED) is 0.856. The number of piperidine rings is 1. The fraction of sp³-hybridized carbons (Fsp3) is 0.632. The molecule has 1 aromatic rings. The number of rotatable bonds is 5. The van der Waals surface area contributed by atoms with Crippen LogP contribution in [-0.2, 0) is 4.79 Å². The lowest BCUT2D eigenvalue weighted by Crippen LogP contribution is -2.49. The van der Waals surface area contributed by atoms with E-state index in [1.54, 1.807) is 12.1 Å². The maximum Gasteiger partial charge on any atom is 0.241 e. The second kappa shape index (κ2) is 7.30. The van der Waals surface area contributed by atoms with Crippen LogP contribution in [0.5, 0.6) is 5.75 Å². The van der Waals surface area contributed by atoms with Crippen molar-refractivity contribution in [3.8, 4) is 5.75 Å². The van der Waals surface area contributed by atoms with Crippen LogP contribution in [0.25, 0.3) is 0 Å². The number of nitrogens with zero attached hydrogens (tertiary/aromatic N) is 1. The molecular weight excluding hydrogens is 321 g/mol. The van der Waals surface area contributed by atoms with E-state index in [0.29, 0.717) is 24.3 Å². The Hall–Kier alpha value is -1.66. The number of hydrazine groups is 1. The Morgan fingerprint density at radius 3 is 2.76 bits per heavy atom. The van der Waals surface area contributed by atoms with Gasteiger partial charge in [0.25, 0.3) is 0 Å². The van der Waals surface area contributed by atoms with Crippen LogP contribution in [0.1, 0.15) is 32.1 Å². The molecule has 2 aliphatic heterocycles. The average Bonchev–Trinajstić information content (AvgIpc) is 3.38. The third-order valence-electron chi connectivity index (χ3n) is 5.55. The molecule has 1 amide bonds. The van der Waals surface area contributed by atoms with Crippen molar-refractivity contribution in [1.29, 1.82) is 0 Å². The van der Waals surface area contributed by atoms with Gasteiger partial charge in [0, 0.05) is 25.0 Å². The highest BCUT2D eigenvalue weighted by Crippen LogP contribution is 2.36. The predicted molar refractivity (Wildman–Crippen MR) is 92.4 cm³/mol. The van der Waals surface area contributed by atoms with Crippen LogP contribution in [0.3, 0.4) is 0 Å². The lowest BCUT2D eigenvalue weighted by atomic mass is 9.97. The van der Waals surface area contributed by atoms with Crippen LogP contribution in [-0.4, -0.2) is 42.6 Å². The fourth-order valence-electron chi connectivity index (χ4n) is 3.92. The van der Waals surface area contributed by atoms with Crippen LogP contribution in [0.15, 0.2) is 24.3 Å². The number of hydrogen-bond acceptors (Lipinski definition) is 4. The number of nitrogens with one attached hydrogen (secondary N) is 2. The Kier molecular flexibility index (Phi) is 4.90. The van der Waals surface area contributed by atoms with E-state index in [9.17, 15) is 9.18 Å². The summed E-state index contributed by atoms with van der Waals surface area (Å²) < 4.78 is 18.7. The summed E-state index contributed by atoms with van der Waals surface area (Å²) >= 11 is 0. The summed E-state index contributed by atoms with van der Waals surface area (Å²) in [6.45, 7) is 2.14. The van der Waals surface area contributed by atoms with Gasteiger partial charge in [-0.1, -0.05) is 0 Å². The first-order valence-corrected chi connectivity index (χ1v) is 9.37. The molecule has 1 aromatic carbocycles. The highest BCUT2D eigenvalue weighted by atomic mass is 19.1. The van der Waals surface area contributed by atoms with Gasteiger partial charge in [-0.25, -0.2) is 9.82 Å². The van der Waals surface area contributed by atoms with Crippen molar-refractivity contribution in [2.45, 2.75) is 44.2 Å². The smallest absolute Gasteiger partial charge is 0.241 e. The molecule has 0 bridgehead atoms. The lowest BCUT2D eigenvalue weighted by molar-refractivity contribution is -0.135. The Morgan fingerprint density at radius 2 is 2.00 bits per heavy atom. The molecule has 3 aliphatic rings. The number of hydrogen-bond donors (Lipinski definition) is 2. The highest BCUT2D eigenvalue weighted by molar-refractivity contribution is 5.82. The highest BCUT2D eigenvalue weighted by Gasteiger charge is 2.40. The standard InChI is InChI=1S/C19H26FN3O2/c20-15-5-7-16(8-6-15)25-12-13-2-1-9-23(11-13)19(24)18-10-17(21-22-18)14-3-4-14/h5-8,13-14,17-18,21-22H,1-4,9-12H2. The number of carbonyl (C=O) groups is 1. The van der Waals surface area contributed by atoms with Gasteiger partial charge in [-0.3, -0.25) is 10.2 Å². The molecule has 3 fully saturated rings. The van der Waals surface area contributed by atoms with E-state index >= 15 is 0 Å². The largest absolute Gasteiger partial charge is 0.493 e. The number of carbonyl (C=O) groups excluding carboxylic acids is 1. The van der Waals surface area contributed by atoms with Crippen LogP contribution >= 0.6 is 0 Å². The molecule has 2 heterocycles. The van der Waals surface area contributed by atoms with E-state index in [2.05, 4.69) is 10.9 Å². The second-order valence-electron chi connectivity index (χ2n) is 7.58. The summed E-state index contributed by atoms with van der Waals surface area (Å²) in [6.07, 6.45) is 5.54. The van der Waals surface area contributed by atoms with Crippen LogP contribution in [0.2, 0.25) is 0 Å². The van der Waals surface area contributed by atoms with Crippen molar-refractivity contribution < 1.29 is 13.9 Å². The minimum atomic E-state index is -0.260. The van der Waals surface area contributed by atoms with E-state index < -0.39 is 0 Å². The third kappa shape index (κ3) is 4.12. The molecule has 136 valence electrons. The van der Waals surface area contributed by atoms with Gasteiger partial charge >= 0.3 is 0 Å². The van der Waals surface area contributed by atoms with Gasteiger partial charge in [-0.05, 0) is 62.3 Å². The first-order valence-electron chi connectivity index (χ1n) is 9.37. The molecule has 2 N–H and O–H groups in total. The van der Waals surface area contributed by atoms with Crippen LogP contribution in [0.4, 0.5) is 4.39 Å². The number of benzene rings is 1. The molecule has 4 rings (SSSR count). The molecule has 5 nitrogen and oxygen atoms in total. The molecule has 25 heavy (non-hydrogen) atoms. The minimum absolute atomic E-state index is 0.0950. The molecule has 1 saturated carbocycles. The van der Waals surface area contributed by atoms with Crippen molar-refractivity contribution in [3.63, 3.8) is 0 Å². The first-order chi connectivity index (χ1) is 12.2. The summed E-state index contributed by atoms with van der Waals surface area (Å²) in [5.41, 5.74) is 6.49. The Morgan fingerprint density at radius 1 is 1.20 bits per heavy atom. The van der Waals surface area contributed by atoms with Gasteiger partial charge in [0.1, 0.15) is 17.6 Å².